The van der Waals surface area contributed by atoms with Gasteiger partial charge in [0.05, 0.1) is 16.3 Å². The molecule has 0 spiro atoms. The maximum absolute atomic E-state index is 12.2. The molecule has 0 atom stereocenters. The minimum atomic E-state index is -0.272. The third-order valence-corrected chi connectivity index (χ3v) is 4.56. The minimum Gasteiger partial charge on any atom is -0.311 e. The molecule has 0 unspecified atom stereocenters. The molecule has 20 heavy (non-hydrogen) atoms. The molecule has 7 heteroatoms. The van der Waals surface area contributed by atoms with E-state index in [2.05, 4.69) is 15.6 Å². The summed E-state index contributed by atoms with van der Waals surface area (Å²) in [6.45, 7) is 1.73. The van der Waals surface area contributed by atoms with Gasteiger partial charge < -0.3 is 5.32 Å². The number of aromatic nitrogens is 1. The Hall–Kier alpha value is -1.14. The van der Waals surface area contributed by atoms with Gasteiger partial charge in [-0.15, -0.1) is 11.3 Å². The summed E-state index contributed by atoms with van der Waals surface area (Å²) in [5.41, 5.74) is 1.45. The first-order chi connectivity index (χ1) is 9.63. The van der Waals surface area contributed by atoms with E-state index in [-0.39, 0.29) is 5.91 Å². The van der Waals surface area contributed by atoms with Crippen LogP contribution < -0.4 is 10.6 Å². The van der Waals surface area contributed by atoms with Crippen LogP contribution in [0.25, 0.3) is 0 Å². The molecule has 1 aromatic heterocycles. The zero-order valence-electron chi connectivity index (χ0n) is 10.4. The molecule has 0 aliphatic carbocycles. The zero-order valence-corrected chi connectivity index (χ0v) is 12.7. The molecular formula is C13H11Cl2N3OS. The van der Waals surface area contributed by atoms with Gasteiger partial charge in [0.15, 0.2) is 5.13 Å². The fourth-order valence-corrected chi connectivity index (χ4v) is 3.48. The Bertz CT molecular complexity index is 648. The van der Waals surface area contributed by atoms with Gasteiger partial charge in [-0.3, -0.25) is 10.1 Å². The van der Waals surface area contributed by atoms with Gasteiger partial charge in [-0.25, -0.2) is 4.98 Å². The van der Waals surface area contributed by atoms with Crippen molar-refractivity contribution in [2.45, 2.75) is 13.0 Å². The van der Waals surface area contributed by atoms with Crippen LogP contribution >= 0.6 is 34.5 Å². The molecule has 1 aliphatic rings. The highest BCUT2D eigenvalue weighted by molar-refractivity contribution is 7.15. The second-order valence-corrected chi connectivity index (χ2v) is 6.32. The third-order valence-electron chi connectivity index (χ3n) is 3.00. The van der Waals surface area contributed by atoms with Crippen LogP contribution in [0.3, 0.4) is 0 Å². The number of halogens is 2. The van der Waals surface area contributed by atoms with Gasteiger partial charge in [-0.1, -0.05) is 23.2 Å². The van der Waals surface area contributed by atoms with Gasteiger partial charge in [-0.2, -0.15) is 0 Å². The molecule has 0 fully saturated rings. The van der Waals surface area contributed by atoms with Crippen molar-refractivity contribution >= 4 is 45.6 Å². The van der Waals surface area contributed by atoms with Crippen LogP contribution in [0.4, 0.5) is 5.13 Å². The van der Waals surface area contributed by atoms with E-state index in [1.165, 1.54) is 16.2 Å². The van der Waals surface area contributed by atoms with Gasteiger partial charge in [0, 0.05) is 29.4 Å². The lowest BCUT2D eigenvalue weighted by Crippen LogP contribution is -2.22. The number of anilines is 1. The first kappa shape index (κ1) is 13.8. The Kier molecular flexibility index (Phi) is 3.94. The molecule has 0 bridgehead atoms. The first-order valence-corrected chi connectivity index (χ1v) is 7.66. The molecule has 0 saturated heterocycles. The molecule has 4 nitrogen and oxygen atoms in total. The van der Waals surface area contributed by atoms with Crippen molar-refractivity contribution in [3.8, 4) is 0 Å². The molecule has 3 rings (SSSR count). The minimum absolute atomic E-state index is 0.272. The number of benzene rings is 1. The van der Waals surface area contributed by atoms with Crippen LogP contribution in [0.1, 0.15) is 20.9 Å². The quantitative estimate of drug-likeness (QED) is 0.889. The Morgan fingerprint density at radius 1 is 1.40 bits per heavy atom. The second kappa shape index (κ2) is 5.69. The average Bonchev–Trinajstić information content (AvgIpc) is 2.80. The lowest BCUT2D eigenvalue weighted by atomic mass is 10.2. The fourth-order valence-electron chi connectivity index (χ4n) is 2.02. The van der Waals surface area contributed by atoms with Crippen LogP contribution in [-0.4, -0.2) is 17.4 Å². The van der Waals surface area contributed by atoms with Crippen LogP contribution in [0.2, 0.25) is 10.0 Å². The van der Waals surface area contributed by atoms with Gasteiger partial charge in [0.1, 0.15) is 0 Å². The van der Waals surface area contributed by atoms with E-state index in [1.807, 2.05) is 0 Å². The highest BCUT2D eigenvalue weighted by Gasteiger charge is 2.17. The van der Waals surface area contributed by atoms with Crippen molar-refractivity contribution in [1.82, 2.24) is 10.3 Å². The van der Waals surface area contributed by atoms with Crippen LogP contribution in [0.5, 0.6) is 0 Å². The van der Waals surface area contributed by atoms with Crippen molar-refractivity contribution in [1.29, 1.82) is 0 Å². The predicted octanol–water partition coefficient (Wildman–Crippen LogP) is 3.35. The van der Waals surface area contributed by atoms with Gasteiger partial charge in [0.2, 0.25) is 0 Å². The summed E-state index contributed by atoms with van der Waals surface area (Å²) >= 11 is 13.3. The molecular weight excluding hydrogens is 317 g/mol. The SMILES string of the molecule is O=C(Nc1nc2c(s1)CNCC2)c1ccc(Cl)cc1Cl. The standard InChI is InChI=1S/C13H11Cl2N3OS/c14-7-1-2-8(9(15)5-7)12(19)18-13-17-10-3-4-16-6-11(10)20-13/h1-2,5,16H,3-4,6H2,(H,17,18,19). The van der Waals surface area contributed by atoms with Crippen molar-refractivity contribution in [3.05, 3.63) is 44.4 Å². The molecule has 2 heterocycles. The van der Waals surface area contributed by atoms with E-state index in [0.29, 0.717) is 20.7 Å². The highest BCUT2D eigenvalue weighted by Crippen LogP contribution is 2.27. The van der Waals surface area contributed by atoms with Crippen molar-refractivity contribution < 1.29 is 4.79 Å². The molecule has 2 aromatic rings. The number of hydrogen-bond donors (Lipinski definition) is 2. The van der Waals surface area contributed by atoms with Gasteiger partial charge >= 0.3 is 0 Å². The Morgan fingerprint density at radius 2 is 2.25 bits per heavy atom. The molecule has 0 radical (unpaired) electrons. The van der Waals surface area contributed by atoms with E-state index < -0.39 is 0 Å². The number of amides is 1. The van der Waals surface area contributed by atoms with Crippen molar-refractivity contribution in [2.24, 2.45) is 0 Å². The molecule has 2 N–H and O–H groups in total. The van der Waals surface area contributed by atoms with E-state index >= 15 is 0 Å². The lowest BCUT2D eigenvalue weighted by molar-refractivity contribution is 0.102. The fraction of sp³-hybridized carbons (Fsp3) is 0.231. The average molecular weight is 328 g/mol. The van der Waals surface area contributed by atoms with E-state index in [0.717, 1.165) is 25.2 Å². The van der Waals surface area contributed by atoms with E-state index in [9.17, 15) is 4.79 Å². The summed E-state index contributed by atoms with van der Waals surface area (Å²) in [6, 6.07) is 4.79. The number of fused-ring (bicyclic) bond motifs is 1. The van der Waals surface area contributed by atoms with E-state index in [4.69, 9.17) is 23.2 Å². The highest BCUT2D eigenvalue weighted by atomic mass is 35.5. The van der Waals surface area contributed by atoms with Crippen LogP contribution in [-0.2, 0) is 13.0 Å². The number of rotatable bonds is 2. The monoisotopic (exact) mass is 327 g/mol. The largest absolute Gasteiger partial charge is 0.311 e. The molecule has 0 saturated carbocycles. The molecule has 1 aromatic carbocycles. The number of carbonyl (C=O) groups excluding carboxylic acids is 1. The Labute approximate surface area is 130 Å². The summed E-state index contributed by atoms with van der Waals surface area (Å²) in [4.78, 5) is 17.8. The predicted molar refractivity (Wildman–Crippen MR) is 81.9 cm³/mol. The lowest BCUT2D eigenvalue weighted by Gasteiger charge is -2.09. The van der Waals surface area contributed by atoms with Crippen molar-refractivity contribution in [3.63, 3.8) is 0 Å². The second-order valence-electron chi connectivity index (χ2n) is 4.39. The summed E-state index contributed by atoms with van der Waals surface area (Å²) in [5.74, 6) is -0.272. The van der Waals surface area contributed by atoms with Crippen LogP contribution in [0, 0.1) is 0 Å². The third kappa shape index (κ3) is 2.81. The zero-order chi connectivity index (χ0) is 14.1. The maximum Gasteiger partial charge on any atom is 0.258 e. The molecule has 104 valence electrons. The van der Waals surface area contributed by atoms with Crippen molar-refractivity contribution in [2.75, 3.05) is 11.9 Å². The smallest absolute Gasteiger partial charge is 0.258 e. The summed E-state index contributed by atoms with van der Waals surface area (Å²) in [5, 5.41) is 7.51. The number of nitrogens with one attached hydrogen (secondary N) is 2. The first-order valence-electron chi connectivity index (χ1n) is 6.09. The Morgan fingerprint density at radius 3 is 3.00 bits per heavy atom. The van der Waals surface area contributed by atoms with E-state index in [1.54, 1.807) is 18.2 Å². The van der Waals surface area contributed by atoms with Crippen LogP contribution in [0.15, 0.2) is 18.2 Å². The maximum atomic E-state index is 12.2. The topological polar surface area (TPSA) is 54.0 Å². The number of carbonyl (C=O) groups is 1. The number of nitrogens with zero attached hydrogens (tertiary/aromatic N) is 1. The molecule has 1 aliphatic heterocycles. The summed E-state index contributed by atoms with van der Waals surface area (Å²) < 4.78 is 0. The normalized spacial score (nSPS) is 13.9. The number of thiazole rings is 1. The summed E-state index contributed by atoms with van der Waals surface area (Å²) in [7, 11) is 0. The number of hydrogen-bond acceptors (Lipinski definition) is 4. The molecule has 1 amide bonds. The summed E-state index contributed by atoms with van der Waals surface area (Å²) in [6.07, 6.45) is 0.892. The Balaban J connectivity index is 1.80. The van der Waals surface area contributed by atoms with Gasteiger partial charge in [-0.05, 0) is 18.2 Å². The van der Waals surface area contributed by atoms with Gasteiger partial charge in [0.25, 0.3) is 5.91 Å².